The first kappa shape index (κ1) is 15.0. The molecule has 1 amide bonds. The number of hydrogen-bond acceptors (Lipinski definition) is 3. The molecular formula is C13H24N2O3. The van der Waals surface area contributed by atoms with Crippen LogP contribution < -0.4 is 5.32 Å². The Kier molecular flexibility index (Phi) is 6.12. The van der Waals surface area contributed by atoms with E-state index in [1.165, 1.54) is 0 Å². The van der Waals surface area contributed by atoms with Gasteiger partial charge in [0, 0.05) is 13.6 Å². The summed E-state index contributed by atoms with van der Waals surface area (Å²) in [6, 6.07) is -0.433. The van der Waals surface area contributed by atoms with E-state index in [-0.39, 0.29) is 11.8 Å². The maximum Gasteiger partial charge on any atom is 0.320 e. The highest BCUT2D eigenvalue weighted by Crippen LogP contribution is 2.21. The molecule has 0 radical (unpaired) electrons. The molecule has 2 N–H and O–H groups in total. The molecule has 1 rings (SSSR count). The zero-order chi connectivity index (χ0) is 13.5. The highest BCUT2D eigenvalue weighted by molar-refractivity contribution is 5.79. The molecule has 0 bridgehead atoms. The molecule has 1 saturated heterocycles. The normalized spacial score (nSPS) is 22.4. The Hall–Kier alpha value is -1.10. The Morgan fingerprint density at radius 3 is 2.78 bits per heavy atom. The van der Waals surface area contributed by atoms with Gasteiger partial charge in [-0.15, -0.1) is 0 Å². The first-order valence-electron chi connectivity index (χ1n) is 6.78. The van der Waals surface area contributed by atoms with E-state index in [1.54, 1.807) is 7.05 Å². The molecule has 18 heavy (non-hydrogen) atoms. The smallest absolute Gasteiger partial charge is 0.320 e. The lowest BCUT2D eigenvalue weighted by Crippen LogP contribution is -2.49. The first-order valence-corrected chi connectivity index (χ1v) is 6.78. The van der Waals surface area contributed by atoms with Crippen molar-refractivity contribution in [3.05, 3.63) is 0 Å². The SMILES string of the molecule is CCCCC(C(=O)O)N1CCCC(C(=O)NC)C1. The van der Waals surface area contributed by atoms with E-state index >= 15 is 0 Å². The van der Waals surface area contributed by atoms with E-state index < -0.39 is 12.0 Å². The summed E-state index contributed by atoms with van der Waals surface area (Å²) in [5.74, 6) is -0.799. The number of unbranched alkanes of at least 4 members (excludes halogenated alkanes) is 1. The number of carbonyl (C=O) groups is 2. The average Bonchev–Trinajstić information content (AvgIpc) is 2.38. The van der Waals surface area contributed by atoms with Gasteiger partial charge in [-0.2, -0.15) is 0 Å². The van der Waals surface area contributed by atoms with Gasteiger partial charge in [0.15, 0.2) is 0 Å². The third kappa shape index (κ3) is 3.98. The number of nitrogens with one attached hydrogen (secondary N) is 1. The van der Waals surface area contributed by atoms with Crippen molar-refractivity contribution in [3.8, 4) is 0 Å². The number of likely N-dealkylation sites (tertiary alicyclic amines) is 1. The third-order valence-corrected chi connectivity index (χ3v) is 3.63. The van der Waals surface area contributed by atoms with Gasteiger partial charge in [0.25, 0.3) is 0 Å². The van der Waals surface area contributed by atoms with Crippen molar-refractivity contribution in [1.29, 1.82) is 0 Å². The molecule has 0 aliphatic carbocycles. The predicted octanol–water partition coefficient (Wildman–Crippen LogP) is 1.09. The fourth-order valence-corrected chi connectivity index (χ4v) is 2.57. The first-order chi connectivity index (χ1) is 8.60. The van der Waals surface area contributed by atoms with Crippen LogP contribution in [0.15, 0.2) is 0 Å². The highest BCUT2D eigenvalue weighted by atomic mass is 16.4. The third-order valence-electron chi connectivity index (χ3n) is 3.63. The second-order valence-corrected chi connectivity index (χ2v) is 4.94. The molecule has 0 spiro atoms. The van der Waals surface area contributed by atoms with Crippen LogP contribution in [0, 0.1) is 5.92 Å². The van der Waals surface area contributed by atoms with Crippen LogP contribution >= 0.6 is 0 Å². The van der Waals surface area contributed by atoms with E-state index in [4.69, 9.17) is 0 Å². The number of carbonyl (C=O) groups excluding carboxylic acids is 1. The van der Waals surface area contributed by atoms with Gasteiger partial charge in [-0.1, -0.05) is 19.8 Å². The van der Waals surface area contributed by atoms with E-state index in [9.17, 15) is 14.7 Å². The van der Waals surface area contributed by atoms with Gasteiger partial charge in [0.05, 0.1) is 5.92 Å². The van der Waals surface area contributed by atoms with Crippen molar-refractivity contribution in [2.75, 3.05) is 20.1 Å². The number of amides is 1. The maximum atomic E-state index is 11.6. The molecule has 0 aromatic heterocycles. The van der Waals surface area contributed by atoms with Crippen LogP contribution in [0.3, 0.4) is 0 Å². The molecule has 1 aliphatic rings. The molecule has 1 heterocycles. The minimum atomic E-state index is -0.763. The van der Waals surface area contributed by atoms with Crippen LogP contribution in [0.5, 0.6) is 0 Å². The van der Waals surface area contributed by atoms with Crippen LogP contribution in [0.2, 0.25) is 0 Å². The number of rotatable bonds is 6. The van der Waals surface area contributed by atoms with Crippen molar-refractivity contribution in [2.24, 2.45) is 5.92 Å². The minimum absolute atomic E-state index is 0.0272. The minimum Gasteiger partial charge on any atom is -0.480 e. The van der Waals surface area contributed by atoms with Crippen LogP contribution in [0.1, 0.15) is 39.0 Å². The summed E-state index contributed by atoms with van der Waals surface area (Å²) in [4.78, 5) is 24.9. The van der Waals surface area contributed by atoms with Gasteiger partial charge in [-0.05, 0) is 25.8 Å². The van der Waals surface area contributed by atoms with E-state index in [0.717, 1.165) is 32.2 Å². The van der Waals surface area contributed by atoms with E-state index in [1.807, 2.05) is 4.90 Å². The number of aliphatic carboxylic acids is 1. The molecular weight excluding hydrogens is 232 g/mol. The molecule has 0 aromatic rings. The number of nitrogens with zero attached hydrogens (tertiary/aromatic N) is 1. The Morgan fingerprint density at radius 2 is 2.22 bits per heavy atom. The summed E-state index contributed by atoms with van der Waals surface area (Å²) in [5.41, 5.74) is 0. The van der Waals surface area contributed by atoms with Crippen LogP contribution in [0.4, 0.5) is 0 Å². The lowest BCUT2D eigenvalue weighted by atomic mass is 9.95. The van der Waals surface area contributed by atoms with E-state index in [2.05, 4.69) is 12.2 Å². The van der Waals surface area contributed by atoms with Gasteiger partial charge >= 0.3 is 5.97 Å². The van der Waals surface area contributed by atoms with Gasteiger partial charge in [-0.3, -0.25) is 14.5 Å². The number of hydrogen-bond donors (Lipinski definition) is 2. The van der Waals surface area contributed by atoms with Crippen LogP contribution in [-0.2, 0) is 9.59 Å². The van der Waals surface area contributed by atoms with Crippen LogP contribution in [0.25, 0.3) is 0 Å². The van der Waals surface area contributed by atoms with Crippen molar-refractivity contribution in [2.45, 2.75) is 45.1 Å². The quantitative estimate of drug-likeness (QED) is 0.746. The van der Waals surface area contributed by atoms with Gasteiger partial charge in [0.1, 0.15) is 6.04 Å². The van der Waals surface area contributed by atoms with Crippen molar-refractivity contribution in [1.82, 2.24) is 10.2 Å². The largest absolute Gasteiger partial charge is 0.480 e. The van der Waals surface area contributed by atoms with E-state index in [0.29, 0.717) is 13.0 Å². The topological polar surface area (TPSA) is 69.6 Å². The van der Waals surface area contributed by atoms with Crippen molar-refractivity contribution in [3.63, 3.8) is 0 Å². The molecule has 2 atom stereocenters. The van der Waals surface area contributed by atoms with Crippen molar-refractivity contribution >= 4 is 11.9 Å². The van der Waals surface area contributed by atoms with Crippen LogP contribution in [-0.4, -0.2) is 48.1 Å². The molecule has 0 aromatic carbocycles. The Morgan fingerprint density at radius 1 is 1.50 bits per heavy atom. The fraction of sp³-hybridized carbons (Fsp3) is 0.846. The Labute approximate surface area is 109 Å². The zero-order valence-electron chi connectivity index (χ0n) is 11.3. The lowest BCUT2D eigenvalue weighted by Gasteiger charge is -2.35. The highest BCUT2D eigenvalue weighted by Gasteiger charge is 2.32. The molecule has 0 saturated carbocycles. The molecule has 1 aliphatic heterocycles. The van der Waals surface area contributed by atoms with Gasteiger partial charge < -0.3 is 10.4 Å². The number of carboxylic acids is 1. The standard InChI is InChI=1S/C13H24N2O3/c1-3-4-7-11(13(17)18)15-8-5-6-10(9-15)12(16)14-2/h10-11H,3-9H2,1-2H3,(H,14,16)(H,17,18). The number of piperidine rings is 1. The van der Waals surface area contributed by atoms with Gasteiger partial charge in [0.2, 0.25) is 5.91 Å². The predicted molar refractivity (Wildman–Crippen MR) is 69.3 cm³/mol. The summed E-state index contributed by atoms with van der Waals surface area (Å²) in [5, 5.41) is 11.9. The second kappa shape index (κ2) is 7.36. The summed E-state index contributed by atoms with van der Waals surface area (Å²) < 4.78 is 0. The molecule has 5 heteroatoms. The number of carboxylic acid groups (broad SMARTS) is 1. The fourth-order valence-electron chi connectivity index (χ4n) is 2.57. The molecule has 104 valence electrons. The molecule has 2 unspecified atom stereocenters. The Bertz CT molecular complexity index is 294. The average molecular weight is 256 g/mol. The molecule has 1 fully saturated rings. The van der Waals surface area contributed by atoms with Crippen molar-refractivity contribution < 1.29 is 14.7 Å². The summed E-state index contributed by atoms with van der Waals surface area (Å²) in [7, 11) is 1.63. The monoisotopic (exact) mass is 256 g/mol. The molecule has 5 nitrogen and oxygen atoms in total. The zero-order valence-corrected chi connectivity index (χ0v) is 11.3. The summed E-state index contributed by atoms with van der Waals surface area (Å²) in [6.07, 6.45) is 4.34. The second-order valence-electron chi connectivity index (χ2n) is 4.94. The summed E-state index contributed by atoms with van der Waals surface area (Å²) in [6.45, 7) is 3.41. The maximum absolute atomic E-state index is 11.6. The van der Waals surface area contributed by atoms with Gasteiger partial charge in [-0.25, -0.2) is 0 Å². The lowest BCUT2D eigenvalue weighted by molar-refractivity contribution is -0.145. The Balaban J connectivity index is 2.61. The summed E-state index contributed by atoms with van der Waals surface area (Å²) >= 11 is 0.